The highest BCUT2D eigenvalue weighted by atomic mass is 32.2. The minimum Gasteiger partial charge on any atom is -0.481 e. The van der Waals surface area contributed by atoms with Crippen LogP contribution in [0.4, 0.5) is 0 Å². The summed E-state index contributed by atoms with van der Waals surface area (Å²) in [6, 6.07) is -0.0401. The van der Waals surface area contributed by atoms with Gasteiger partial charge >= 0.3 is 5.97 Å². The number of nitrogens with one attached hydrogen (secondary N) is 1. The fourth-order valence-corrected chi connectivity index (χ4v) is 2.47. The van der Waals surface area contributed by atoms with E-state index in [-0.39, 0.29) is 24.1 Å². The molecule has 0 aromatic heterocycles. The second kappa shape index (κ2) is 6.58. The van der Waals surface area contributed by atoms with Crippen molar-refractivity contribution in [2.24, 2.45) is 0 Å². The van der Waals surface area contributed by atoms with Gasteiger partial charge < -0.3 is 10.4 Å². The Labute approximate surface area is 101 Å². The van der Waals surface area contributed by atoms with Crippen molar-refractivity contribution in [2.75, 3.05) is 5.75 Å². The van der Waals surface area contributed by atoms with Gasteiger partial charge in [0.25, 0.3) is 0 Å². The number of aliphatic carboxylic acids is 1. The van der Waals surface area contributed by atoms with Crippen LogP contribution in [0.2, 0.25) is 0 Å². The van der Waals surface area contributed by atoms with Crippen molar-refractivity contribution in [2.45, 2.75) is 44.9 Å². The molecule has 0 aromatic rings. The van der Waals surface area contributed by atoms with Crippen LogP contribution in [-0.2, 0) is 19.4 Å². The van der Waals surface area contributed by atoms with Crippen molar-refractivity contribution in [3.05, 3.63) is 0 Å². The summed E-state index contributed by atoms with van der Waals surface area (Å²) in [7, 11) is -3.53. The van der Waals surface area contributed by atoms with Gasteiger partial charge in [0.15, 0.2) is 9.84 Å². The first kappa shape index (κ1) is 15.9. The molecular formula is C10H19NO5S. The molecular weight excluding hydrogens is 246 g/mol. The summed E-state index contributed by atoms with van der Waals surface area (Å²) < 4.78 is 23.2. The minimum absolute atomic E-state index is 0.0401. The Kier molecular flexibility index (Phi) is 6.15. The van der Waals surface area contributed by atoms with Crippen molar-refractivity contribution in [3.8, 4) is 0 Å². The summed E-state index contributed by atoms with van der Waals surface area (Å²) in [5, 5.41) is 10.1. The van der Waals surface area contributed by atoms with Crippen molar-refractivity contribution in [1.82, 2.24) is 5.32 Å². The molecule has 7 heteroatoms. The molecule has 0 aliphatic heterocycles. The van der Waals surface area contributed by atoms with Crippen LogP contribution in [0.25, 0.3) is 0 Å². The van der Waals surface area contributed by atoms with Crippen LogP contribution in [-0.4, -0.2) is 42.4 Å². The highest BCUT2D eigenvalue weighted by molar-refractivity contribution is 7.92. The Morgan fingerprint density at radius 3 is 2.18 bits per heavy atom. The van der Waals surface area contributed by atoms with Gasteiger partial charge in [0, 0.05) is 12.5 Å². The minimum atomic E-state index is -3.53. The van der Waals surface area contributed by atoms with Gasteiger partial charge in [0.1, 0.15) is 0 Å². The normalized spacial score (nSPS) is 13.4. The number of carboxylic acid groups (broad SMARTS) is 1. The lowest BCUT2D eigenvalue weighted by Gasteiger charge is -2.11. The number of rotatable bonds is 7. The van der Waals surface area contributed by atoms with E-state index in [9.17, 15) is 18.0 Å². The van der Waals surface area contributed by atoms with Crippen LogP contribution in [0.5, 0.6) is 0 Å². The van der Waals surface area contributed by atoms with E-state index in [1.165, 1.54) is 6.92 Å². The number of hydrogen-bond donors (Lipinski definition) is 2. The van der Waals surface area contributed by atoms with E-state index in [4.69, 9.17) is 5.11 Å². The van der Waals surface area contributed by atoms with E-state index in [1.54, 1.807) is 13.8 Å². The predicted molar refractivity (Wildman–Crippen MR) is 63.4 cm³/mol. The molecule has 0 fully saturated rings. The smallest absolute Gasteiger partial charge is 0.304 e. The van der Waals surface area contributed by atoms with Crippen LogP contribution in [0, 0.1) is 0 Å². The molecule has 0 spiro atoms. The third-order valence-electron chi connectivity index (χ3n) is 2.14. The average Bonchev–Trinajstić information content (AvgIpc) is 2.12. The number of carbonyl (C=O) groups is 2. The van der Waals surface area contributed by atoms with E-state index >= 15 is 0 Å². The SMILES string of the molecule is CC(C)NC(=O)CCS(=O)(=O)C(C)CC(=O)O. The first-order chi connectivity index (χ1) is 7.65. The highest BCUT2D eigenvalue weighted by Crippen LogP contribution is 2.08. The molecule has 100 valence electrons. The lowest BCUT2D eigenvalue weighted by atomic mass is 10.3. The molecule has 0 saturated carbocycles. The summed E-state index contributed by atoms with van der Waals surface area (Å²) >= 11 is 0. The zero-order chi connectivity index (χ0) is 13.6. The third-order valence-corrected chi connectivity index (χ3v) is 4.30. The molecule has 1 atom stereocenters. The van der Waals surface area contributed by atoms with Gasteiger partial charge in [-0.2, -0.15) is 0 Å². The largest absolute Gasteiger partial charge is 0.481 e. The number of carbonyl (C=O) groups excluding carboxylic acids is 1. The van der Waals surface area contributed by atoms with Gasteiger partial charge in [0.2, 0.25) is 5.91 Å². The zero-order valence-electron chi connectivity index (χ0n) is 10.3. The molecule has 0 aromatic carbocycles. The summed E-state index contributed by atoms with van der Waals surface area (Å²) in [6.07, 6.45) is -0.571. The van der Waals surface area contributed by atoms with Crippen LogP contribution < -0.4 is 5.32 Å². The van der Waals surface area contributed by atoms with E-state index in [0.29, 0.717) is 0 Å². The number of sulfone groups is 1. The summed E-state index contributed by atoms with van der Waals surface area (Å²) in [6.45, 7) is 4.89. The van der Waals surface area contributed by atoms with Crippen molar-refractivity contribution >= 4 is 21.7 Å². The zero-order valence-corrected chi connectivity index (χ0v) is 11.1. The van der Waals surface area contributed by atoms with E-state index in [1.807, 2.05) is 0 Å². The Morgan fingerprint density at radius 2 is 1.76 bits per heavy atom. The number of hydrogen-bond acceptors (Lipinski definition) is 4. The van der Waals surface area contributed by atoms with E-state index in [2.05, 4.69) is 5.32 Å². The lowest BCUT2D eigenvalue weighted by molar-refractivity contribution is -0.136. The lowest BCUT2D eigenvalue weighted by Crippen LogP contribution is -2.33. The van der Waals surface area contributed by atoms with Crippen LogP contribution in [0.15, 0.2) is 0 Å². The molecule has 1 amide bonds. The topological polar surface area (TPSA) is 101 Å². The Balaban J connectivity index is 4.27. The van der Waals surface area contributed by atoms with Gasteiger partial charge in [-0.1, -0.05) is 0 Å². The number of amides is 1. The molecule has 0 heterocycles. The average molecular weight is 265 g/mol. The molecule has 1 unspecified atom stereocenters. The Hall–Kier alpha value is -1.11. The van der Waals surface area contributed by atoms with Gasteiger partial charge in [0.05, 0.1) is 17.4 Å². The molecule has 0 rings (SSSR count). The molecule has 6 nitrogen and oxygen atoms in total. The van der Waals surface area contributed by atoms with Crippen molar-refractivity contribution in [1.29, 1.82) is 0 Å². The highest BCUT2D eigenvalue weighted by Gasteiger charge is 2.24. The third kappa shape index (κ3) is 6.93. The maximum Gasteiger partial charge on any atom is 0.304 e. The van der Waals surface area contributed by atoms with Crippen molar-refractivity contribution in [3.63, 3.8) is 0 Å². The van der Waals surface area contributed by atoms with Crippen LogP contribution in [0.3, 0.4) is 0 Å². The summed E-state index contributed by atoms with van der Waals surface area (Å²) in [5.74, 6) is -1.82. The molecule has 0 saturated heterocycles. The van der Waals surface area contributed by atoms with Crippen molar-refractivity contribution < 1.29 is 23.1 Å². The molecule has 0 aliphatic carbocycles. The summed E-state index contributed by atoms with van der Waals surface area (Å²) in [5.41, 5.74) is 0. The standard InChI is InChI=1S/C10H19NO5S/c1-7(2)11-9(12)4-5-17(15,16)8(3)6-10(13)14/h7-8H,4-6H2,1-3H3,(H,11,12)(H,13,14). The van der Waals surface area contributed by atoms with Crippen LogP contribution in [0.1, 0.15) is 33.6 Å². The molecule has 17 heavy (non-hydrogen) atoms. The fraction of sp³-hybridized carbons (Fsp3) is 0.800. The Morgan fingerprint density at radius 1 is 1.24 bits per heavy atom. The molecule has 0 bridgehead atoms. The molecule has 0 radical (unpaired) electrons. The first-order valence-electron chi connectivity index (χ1n) is 5.38. The van der Waals surface area contributed by atoms with Gasteiger partial charge in [-0.05, 0) is 20.8 Å². The number of carboxylic acids is 1. The van der Waals surface area contributed by atoms with Gasteiger partial charge in [-0.25, -0.2) is 8.42 Å². The molecule has 0 aliphatic rings. The maximum atomic E-state index is 11.6. The summed E-state index contributed by atoms with van der Waals surface area (Å²) in [4.78, 5) is 21.6. The fourth-order valence-electron chi connectivity index (χ4n) is 1.20. The van der Waals surface area contributed by atoms with Gasteiger partial charge in [-0.15, -0.1) is 0 Å². The monoisotopic (exact) mass is 265 g/mol. The Bertz CT molecular complexity index is 374. The van der Waals surface area contributed by atoms with E-state index < -0.39 is 27.5 Å². The second-order valence-corrected chi connectivity index (χ2v) is 6.79. The maximum absolute atomic E-state index is 11.6. The van der Waals surface area contributed by atoms with Gasteiger partial charge in [-0.3, -0.25) is 9.59 Å². The predicted octanol–water partition coefficient (Wildman–Crippen LogP) is 0.179. The van der Waals surface area contributed by atoms with Crippen LogP contribution >= 0.6 is 0 Å². The molecule has 2 N–H and O–H groups in total. The van der Waals surface area contributed by atoms with E-state index in [0.717, 1.165) is 0 Å². The quantitative estimate of drug-likeness (QED) is 0.684. The second-order valence-electron chi connectivity index (χ2n) is 4.25. The first-order valence-corrected chi connectivity index (χ1v) is 7.09.